The minimum Gasteiger partial charge on any atom is -0.377 e. The summed E-state index contributed by atoms with van der Waals surface area (Å²) in [5.41, 5.74) is -0.144. The second-order valence-corrected chi connectivity index (χ2v) is 7.20. The van der Waals surface area contributed by atoms with Crippen LogP contribution >= 0.6 is 0 Å². The Labute approximate surface area is 152 Å². The number of nitrogens with one attached hydrogen (secondary N) is 1. The summed E-state index contributed by atoms with van der Waals surface area (Å²) in [6, 6.07) is 4.57. The summed E-state index contributed by atoms with van der Waals surface area (Å²) in [5, 5.41) is 25.3. The Morgan fingerprint density at radius 1 is 1.00 bits per heavy atom. The van der Waals surface area contributed by atoms with Crippen molar-refractivity contribution in [1.29, 1.82) is 0 Å². The molecular formula is C17H25N5O4. The molecule has 2 fully saturated rings. The van der Waals surface area contributed by atoms with E-state index in [1.165, 1.54) is 25.0 Å². The Balaban J connectivity index is 1.59. The first-order chi connectivity index (χ1) is 12.4. The van der Waals surface area contributed by atoms with Crippen LogP contribution in [0.4, 0.5) is 17.1 Å². The Morgan fingerprint density at radius 3 is 2.23 bits per heavy atom. The molecule has 0 radical (unpaired) electrons. The highest BCUT2D eigenvalue weighted by molar-refractivity contribution is 5.65. The highest BCUT2D eigenvalue weighted by Gasteiger charge is 2.28. The van der Waals surface area contributed by atoms with Crippen molar-refractivity contribution in [3.05, 3.63) is 38.4 Å². The van der Waals surface area contributed by atoms with E-state index in [1.807, 2.05) is 0 Å². The van der Waals surface area contributed by atoms with Gasteiger partial charge in [-0.1, -0.05) is 0 Å². The molecule has 0 spiro atoms. The number of likely N-dealkylation sites (tertiary alicyclic amines) is 2. The van der Waals surface area contributed by atoms with Gasteiger partial charge in [-0.2, -0.15) is 0 Å². The predicted molar refractivity (Wildman–Crippen MR) is 98.5 cm³/mol. The van der Waals surface area contributed by atoms with Crippen LogP contribution in [0.3, 0.4) is 0 Å². The Kier molecular flexibility index (Phi) is 5.67. The van der Waals surface area contributed by atoms with E-state index in [4.69, 9.17) is 0 Å². The first kappa shape index (κ1) is 18.5. The van der Waals surface area contributed by atoms with E-state index in [0.29, 0.717) is 11.7 Å². The molecular weight excluding hydrogens is 338 g/mol. The molecule has 0 aliphatic carbocycles. The summed E-state index contributed by atoms with van der Waals surface area (Å²) in [7, 11) is 2.16. The molecule has 1 aromatic rings. The lowest BCUT2D eigenvalue weighted by Gasteiger charge is -2.41. The Hall–Kier alpha value is -2.26. The second kappa shape index (κ2) is 7.96. The zero-order valence-electron chi connectivity index (χ0n) is 15.0. The maximum absolute atomic E-state index is 11.3. The van der Waals surface area contributed by atoms with Gasteiger partial charge in [0.05, 0.1) is 15.9 Å². The number of hydrogen-bond donors (Lipinski definition) is 1. The third-order valence-electron chi connectivity index (χ3n) is 5.48. The zero-order chi connectivity index (χ0) is 18.7. The number of benzene rings is 1. The highest BCUT2D eigenvalue weighted by atomic mass is 16.6. The quantitative estimate of drug-likeness (QED) is 0.633. The van der Waals surface area contributed by atoms with Crippen LogP contribution in [0.15, 0.2) is 18.2 Å². The van der Waals surface area contributed by atoms with Crippen LogP contribution < -0.4 is 5.32 Å². The fraction of sp³-hybridized carbons (Fsp3) is 0.647. The van der Waals surface area contributed by atoms with Crippen molar-refractivity contribution in [2.75, 3.05) is 38.5 Å². The molecule has 0 atom stereocenters. The molecule has 0 aromatic heterocycles. The topological polar surface area (TPSA) is 105 Å². The molecule has 9 nitrogen and oxygen atoms in total. The SMILES string of the molecule is CN1CCC(N2CCC(Nc3ccc([N+](=O)[O-])cc3[N+](=O)[O-])CC2)CC1. The molecule has 2 heterocycles. The Morgan fingerprint density at radius 2 is 1.65 bits per heavy atom. The first-order valence-corrected chi connectivity index (χ1v) is 9.06. The number of nitrogens with zero attached hydrogens (tertiary/aromatic N) is 4. The third kappa shape index (κ3) is 4.28. The number of piperidine rings is 2. The van der Waals surface area contributed by atoms with Gasteiger partial charge in [-0.15, -0.1) is 0 Å². The monoisotopic (exact) mass is 363 g/mol. The maximum Gasteiger partial charge on any atom is 0.299 e. The van der Waals surface area contributed by atoms with Gasteiger partial charge in [0.15, 0.2) is 0 Å². The van der Waals surface area contributed by atoms with Gasteiger partial charge in [-0.25, -0.2) is 0 Å². The van der Waals surface area contributed by atoms with Crippen LogP contribution in [0.25, 0.3) is 0 Å². The van der Waals surface area contributed by atoms with Gasteiger partial charge >= 0.3 is 0 Å². The van der Waals surface area contributed by atoms with Crippen LogP contribution in [0.1, 0.15) is 25.7 Å². The average Bonchev–Trinajstić information content (AvgIpc) is 2.63. The molecule has 2 saturated heterocycles. The molecule has 0 saturated carbocycles. The molecule has 0 unspecified atom stereocenters. The highest BCUT2D eigenvalue weighted by Crippen LogP contribution is 2.31. The van der Waals surface area contributed by atoms with Crippen LogP contribution in [-0.2, 0) is 0 Å². The first-order valence-electron chi connectivity index (χ1n) is 9.06. The zero-order valence-corrected chi connectivity index (χ0v) is 15.0. The van der Waals surface area contributed by atoms with Gasteiger partial charge in [0, 0.05) is 31.2 Å². The largest absolute Gasteiger partial charge is 0.377 e. The number of rotatable bonds is 5. The molecule has 142 valence electrons. The summed E-state index contributed by atoms with van der Waals surface area (Å²) in [4.78, 5) is 25.8. The molecule has 2 aliphatic rings. The standard InChI is InChI=1S/C17H25N5O4/c1-19-8-6-14(7-9-19)20-10-4-13(5-11-20)18-16-3-2-15(21(23)24)12-17(16)22(25)26/h2-3,12-14,18H,4-11H2,1H3. The fourth-order valence-electron chi connectivity index (χ4n) is 3.90. The molecule has 9 heteroatoms. The van der Waals surface area contributed by atoms with Crippen LogP contribution in [0.2, 0.25) is 0 Å². The van der Waals surface area contributed by atoms with Crippen molar-refractivity contribution in [2.45, 2.75) is 37.8 Å². The smallest absolute Gasteiger partial charge is 0.299 e. The summed E-state index contributed by atoms with van der Waals surface area (Å²) in [6.45, 7) is 4.23. The van der Waals surface area contributed by atoms with E-state index in [-0.39, 0.29) is 17.4 Å². The molecule has 0 bridgehead atoms. The number of hydrogen-bond acceptors (Lipinski definition) is 7. The minimum atomic E-state index is -0.614. The summed E-state index contributed by atoms with van der Waals surface area (Å²) in [6.07, 6.45) is 4.23. The normalized spacial score (nSPS) is 20.8. The number of non-ortho nitro benzene ring substituents is 1. The predicted octanol–water partition coefficient (Wildman–Crippen LogP) is 2.47. The van der Waals surface area contributed by atoms with E-state index in [2.05, 4.69) is 22.2 Å². The number of nitro benzene ring substituents is 2. The van der Waals surface area contributed by atoms with E-state index in [9.17, 15) is 20.2 Å². The van der Waals surface area contributed by atoms with Gasteiger partial charge in [0.1, 0.15) is 5.69 Å². The molecule has 2 aliphatic heterocycles. The lowest BCUT2D eigenvalue weighted by Crippen LogP contribution is -2.48. The maximum atomic E-state index is 11.3. The lowest BCUT2D eigenvalue weighted by atomic mass is 9.98. The van der Waals surface area contributed by atoms with E-state index >= 15 is 0 Å². The van der Waals surface area contributed by atoms with E-state index < -0.39 is 9.85 Å². The van der Waals surface area contributed by atoms with Crippen molar-refractivity contribution in [3.63, 3.8) is 0 Å². The van der Waals surface area contributed by atoms with E-state index in [0.717, 1.165) is 45.1 Å². The minimum absolute atomic E-state index is 0.151. The van der Waals surface area contributed by atoms with E-state index in [1.54, 1.807) is 0 Å². The van der Waals surface area contributed by atoms with Gasteiger partial charge < -0.3 is 15.1 Å². The average molecular weight is 363 g/mol. The molecule has 0 amide bonds. The molecule has 1 aromatic carbocycles. The van der Waals surface area contributed by atoms with Crippen molar-refractivity contribution in [2.24, 2.45) is 0 Å². The van der Waals surface area contributed by atoms with Crippen molar-refractivity contribution >= 4 is 17.1 Å². The molecule has 3 rings (SSSR count). The van der Waals surface area contributed by atoms with Crippen LogP contribution in [0.5, 0.6) is 0 Å². The lowest BCUT2D eigenvalue weighted by molar-refractivity contribution is -0.393. The molecule has 26 heavy (non-hydrogen) atoms. The van der Waals surface area contributed by atoms with Crippen LogP contribution in [0, 0.1) is 20.2 Å². The van der Waals surface area contributed by atoms with Gasteiger partial charge in [0.2, 0.25) is 0 Å². The summed E-state index contributed by atoms with van der Waals surface area (Å²) < 4.78 is 0. The van der Waals surface area contributed by atoms with Crippen molar-refractivity contribution < 1.29 is 9.85 Å². The Bertz CT molecular complexity index is 667. The van der Waals surface area contributed by atoms with Gasteiger partial charge in [-0.3, -0.25) is 20.2 Å². The van der Waals surface area contributed by atoms with Gasteiger partial charge in [0.25, 0.3) is 11.4 Å². The number of anilines is 1. The second-order valence-electron chi connectivity index (χ2n) is 7.20. The summed E-state index contributed by atoms with van der Waals surface area (Å²) >= 11 is 0. The van der Waals surface area contributed by atoms with Crippen LogP contribution in [-0.4, -0.2) is 65.0 Å². The number of nitro groups is 2. The van der Waals surface area contributed by atoms with Crippen molar-refractivity contribution in [1.82, 2.24) is 9.80 Å². The van der Waals surface area contributed by atoms with Gasteiger partial charge in [-0.05, 0) is 51.9 Å². The molecule has 1 N–H and O–H groups in total. The third-order valence-corrected chi connectivity index (χ3v) is 5.48. The summed E-state index contributed by atoms with van der Waals surface area (Å²) in [5.74, 6) is 0. The fourth-order valence-corrected chi connectivity index (χ4v) is 3.90. The van der Waals surface area contributed by atoms with Crippen molar-refractivity contribution in [3.8, 4) is 0 Å².